The third kappa shape index (κ3) is 3.31. The molecule has 4 heterocycles. The molecule has 0 radical (unpaired) electrons. The molecule has 2 aliphatic heterocycles. The molecule has 3 aromatic rings. The minimum Gasteiger partial charge on any atom is -0.497 e. The summed E-state index contributed by atoms with van der Waals surface area (Å²) in [6.45, 7) is 1.22. The number of carbonyl (C=O) groups excluding carboxylic acids is 1. The molecule has 9 heteroatoms. The number of piperazine rings is 1. The maximum atomic E-state index is 13.1. The quantitative estimate of drug-likeness (QED) is 0.631. The second-order valence-corrected chi connectivity index (χ2v) is 7.82. The Morgan fingerprint density at radius 3 is 2.71 bits per heavy atom. The van der Waals surface area contributed by atoms with E-state index in [-0.39, 0.29) is 23.6 Å². The maximum Gasteiger partial charge on any atom is 0.255 e. The summed E-state index contributed by atoms with van der Waals surface area (Å²) in [6.07, 6.45) is 3.92. The van der Waals surface area contributed by atoms with Crippen molar-refractivity contribution in [1.29, 1.82) is 0 Å². The van der Waals surface area contributed by atoms with Crippen LogP contribution in [0.25, 0.3) is 11.4 Å². The highest BCUT2D eigenvalue weighted by Gasteiger charge is 2.46. The number of ether oxygens (including phenoxy) is 1. The van der Waals surface area contributed by atoms with Gasteiger partial charge in [0.25, 0.3) is 11.5 Å². The Morgan fingerprint density at radius 2 is 2.00 bits per heavy atom. The fraction of sp³-hybridized carbons (Fsp3) is 0.318. The summed E-state index contributed by atoms with van der Waals surface area (Å²) < 4.78 is 6.80. The number of aromatic nitrogens is 4. The van der Waals surface area contributed by atoms with Crippen LogP contribution in [0.3, 0.4) is 0 Å². The molecule has 2 atom stereocenters. The van der Waals surface area contributed by atoms with Crippen molar-refractivity contribution < 1.29 is 9.53 Å². The van der Waals surface area contributed by atoms with Crippen molar-refractivity contribution in [3.63, 3.8) is 0 Å². The highest BCUT2D eigenvalue weighted by molar-refractivity contribution is 5.95. The Hall–Kier alpha value is -3.75. The lowest BCUT2D eigenvalue weighted by Crippen LogP contribution is -2.50. The number of fused-ring (bicyclic) bond motifs is 2. The molecule has 5 rings (SSSR count). The largest absolute Gasteiger partial charge is 0.497 e. The molecule has 2 fully saturated rings. The molecule has 1 aromatic carbocycles. The lowest BCUT2D eigenvalue weighted by atomic mass is 10.1. The van der Waals surface area contributed by atoms with Gasteiger partial charge in [0.15, 0.2) is 0 Å². The van der Waals surface area contributed by atoms with E-state index in [1.54, 1.807) is 37.1 Å². The Bertz CT molecular complexity index is 1200. The van der Waals surface area contributed by atoms with Gasteiger partial charge in [-0.05, 0) is 30.7 Å². The summed E-state index contributed by atoms with van der Waals surface area (Å²) in [5.41, 5.74) is 1.60. The molecule has 1 amide bonds. The second-order valence-electron chi connectivity index (χ2n) is 7.82. The molecule has 31 heavy (non-hydrogen) atoms. The molecule has 2 bridgehead atoms. The van der Waals surface area contributed by atoms with Crippen molar-refractivity contribution >= 4 is 11.9 Å². The number of benzene rings is 1. The highest BCUT2D eigenvalue weighted by Crippen LogP contribution is 2.35. The van der Waals surface area contributed by atoms with E-state index in [2.05, 4.69) is 14.9 Å². The van der Waals surface area contributed by atoms with E-state index in [1.165, 1.54) is 12.4 Å². The van der Waals surface area contributed by atoms with E-state index in [9.17, 15) is 9.59 Å². The molecule has 2 aliphatic rings. The Balaban J connectivity index is 1.40. The first-order valence-corrected chi connectivity index (χ1v) is 10.1. The average molecular weight is 418 g/mol. The minimum absolute atomic E-state index is 0.00244. The average Bonchev–Trinajstić information content (AvgIpc) is 3.42. The van der Waals surface area contributed by atoms with Gasteiger partial charge in [0.05, 0.1) is 30.6 Å². The summed E-state index contributed by atoms with van der Waals surface area (Å²) in [5.74, 6) is 1.27. The van der Waals surface area contributed by atoms with Crippen LogP contribution >= 0.6 is 0 Å². The second kappa shape index (κ2) is 7.50. The van der Waals surface area contributed by atoms with Crippen molar-refractivity contribution in [3.05, 3.63) is 64.8 Å². The number of rotatable bonds is 4. The smallest absolute Gasteiger partial charge is 0.255 e. The number of likely N-dealkylation sites (tertiary alicyclic amines) is 1. The highest BCUT2D eigenvalue weighted by atomic mass is 16.5. The Kier molecular flexibility index (Phi) is 4.65. The summed E-state index contributed by atoms with van der Waals surface area (Å²) >= 11 is 0. The van der Waals surface area contributed by atoms with Crippen molar-refractivity contribution in [1.82, 2.24) is 24.4 Å². The normalized spacial score (nSPS) is 19.7. The minimum atomic E-state index is -0.148. The van der Waals surface area contributed by atoms with Gasteiger partial charge in [0, 0.05) is 38.0 Å². The van der Waals surface area contributed by atoms with E-state index >= 15 is 0 Å². The van der Waals surface area contributed by atoms with Crippen LogP contribution in [0.4, 0.5) is 5.95 Å². The molecule has 1 unspecified atom stereocenters. The van der Waals surface area contributed by atoms with Crippen LogP contribution in [0.15, 0.2) is 53.7 Å². The van der Waals surface area contributed by atoms with Crippen LogP contribution < -0.4 is 15.2 Å². The fourth-order valence-corrected chi connectivity index (χ4v) is 4.44. The van der Waals surface area contributed by atoms with Crippen molar-refractivity contribution in [2.45, 2.75) is 18.5 Å². The predicted octanol–water partition coefficient (Wildman–Crippen LogP) is 1.35. The molecule has 9 nitrogen and oxygen atoms in total. The number of anilines is 1. The van der Waals surface area contributed by atoms with Crippen molar-refractivity contribution in [3.8, 4) is 17.1 Å². The molecule has 2 saturated heterocycles. The first-order valence-electron chi connectivity index (χ1n) is 10.1. The molecular weight excluding hydrogens is 396 g/mol. The summed E-state index contributed by atoms with van der Waals surface area (Å²) in [4.78, 5) is 42.6. The Morgan fingerprint density at radius 1 is 1.13 bits per heavy atom. The SMILES string of the molecule is COc1cccc(C(=O)N2C[C@@H]3CC2CN3c2nc(-c3ccncn3)cc(=O)n2C)c1. The van der Waals surface area contributed by atoms with Gasteiger partial charge in [-0.2, -0.15) is 0 Å². The van der Waals surface area contributed by atoms with Crippen LogP contribution in [0, 0.1) is 0 Å². The molecule has 0 aliphatic carbocycles. The summed E-state index contributed by atoms with van der Waals surface area (Å²) in [5, 5.41) is 0. The van der Waals surface area contributed by atoms with Crippen molar-refractivity contribution in [2.24, 2.45) is 7.05 Å². The molecule has 0 spiro atoms. The molecular formula is C22H22N6O3. The first-order chi connectivity index (χ1) is 15.0. The van der Waals surface area contributed by atoms with Gasteiger partial charge in [-0.25, -0.2) is 15.0 Å². The van der Waals surface area contributed by atoms with E-state index in [1.807, 2.05) is 23.1 Å². The van der Waals surface area contributed by atoms with Gasteiger partial charge in [0.2, 0.25) is 5.95 Å². The van der Waals surface area contributed by atoms with Crippen LogP contribution in [0.2, 0.25) is 0 Å². The van der Waals surface area contributed by atoms with Gasteiger partial charge >= 0.3 is 0 Å². The topological polar surface area (TPSA) is 93.5 Å². The Labute approximate surface area is 178 Å². The zero-order chi connectivity index (χ0) is 21.5. The van der Waals surface area contributed by atoms with Gasteiger partial charge in [0.1, 0.15) is 12.1 Å². The lowest BCUT2D eigenvalue weighted by molar-refractivity contribution is 0.0724. The van der Waals surface area contributed by atoms with E-state index < -0.39 is 0 Å². The fourth-order valence-electron chi connectivity index (χ4n) is 4.44. The van der Waals surface area contributed by atoms with Crippen LogP contribution in [0.1, 0.15) is 16.8 Å². The first kappa shape index (κ1) is 19.2. The number of hydrogen-bond donors (Lipinski definition) is 0. The summed E-state index contributed by atoms with van der Waals surface area (Å²) in [7, 11) is 3.31. The standard InChI is InChI=1S/C22H22N6O3/c1-26-20(29)10-19(18-6-7-23-13-24-18)25-22(26)28-12-15-9-16(28)11-27(15)21(30)14-4-3-5-17(8-14)31-2/h3-8,10,13,15-16H,9,11-12H2,1-2H3/t15?,16-/m0/s1. The molecule has 0 saturated carbocycles. The monoisotopic (exact) mass is 418 g/mol. The third-order valence-electron chi connectivity index (χ3n) is 6.03. The molecule has 2 aromatic heterocycles. The maximum absolute atomic E-state index is 13.1. The zero-order valence-corrected chi connectivity index (χ0v) is 17.3. The van der Waals surface area contributed by atoms with E-state index in [0.29, 0.717) is 41.7 Å². The zero-order valence-electron chi connectivity index (χ0n) is 17.3. The molecule has 0 N–H and O–H groups in total. The van der Waals surface area contributed by atoms with Gasteiger partial charge in [-0.15, -0.1) is 0 Å². The van der Waals surface area contributed by atoms with Gasteiger partial charge < -0.3 is 14.5 Å². The number of nitrogens with zero attached hydrogens (tertiary/aromatic N) is 6. The number of methoxy groups -OCH3 is 1. The number of hydrogen-bond acceptors (Lipinski definition) is 7. The number of carbonyl (C=O) groups is 1. The van der Waals surface area contributed by atoms with E-state index in [4.69, 9.17) is 9.72 Å². The third-order valence-corrected chi connectivity index (χ3v) is 6.03. The summed E-state index contributed by atoms with van der Waals surface area (Å²) in [6, 6.07) is 10.6. The number of amides is 1. The van der Waals surface area contributed by atoms with Gasteiger partial charge in [-0.3, -0.25) is 14.2 Å². The lowest BCUT2D eigenvalue weighted by Gasteiger charge is -2.35. The van der Waals surface area contributed by atoms with Gasteiger partial charge in [-0.1, -0.05) is 6.07 Å². The van der Waals surface area contributed by atoms with Crippen molar-refractivity contribution in [2.75, 3.05) is 25.1 Å². The van der Waals surface area contributed by atoms with Crippen LogP contribution in [-0.2, 0) is 7.05 Å². The van der Waals surface area contributed by atoms with E-state index in [0.717, 1.165) is 6.42 Å². The van der Waals surface area contributed by atoms with Crippen LogP contribution in [0.5, 0.6) is 5.75 Å². The predicted molar refractivity (Wildman–Crippen MR) is 114 cm³/mol. The molecule has 158 valence electrons. The van der Waals surface area contributed by atoms with Crippen LogP contribution in [-0.4, -0.2) is 62.6 Å².